The van der Waals surface area contributed by atoms with Gasteiger partial charge in [-0.25, -0.2) is 12.7 Å². The fourth-order valence-corrected chi connectivity index (χ4v) is 3.45. The molecule has 1 aliphatic heterocycles. The van der Waals surface area contributed by atoms with Crippen LogP contribution in [0.4, 0.5) is 0 Å². The van der Waals surface area contributed by atoms with Crippen molar-refractivity contribution in [2.45, 2.75) is 6.42 Å². The maximum absolute atomic E-state index is 11.7. The molecule has 0 aromatic carbocycles. The third-order valence-electron chi connectivity index (χ3n) is 2.90. The maximum atomic E-state index is 11.7. The number of carbonyl (C=O) groups excluding carboxylic acids is 1. The van der Waals surface area contributed by atoms with E-state index in [1.54, 1.807) is 19.3 Å². The second kappa shape index (κ2) is 5.07. The van der Waals surface area contributed by atoms with Crippen LogP contribution in [-0.2, 0) is 17.1 Å². The lowest BCUT2D eigenvalue weighted by Crippen LogP contribution is -2.36. The van der Waals surface area contributed by atoms with Crippen LogP contribution in [0.25, 0.3) is 0 Å². The van der Waals surface area contributed by atoms with Gasteiger partial charge in [0.05, 0.1) is 5.75 Å². The number of sulfonamides is 1. The van der Waals surface area contributed by atoms with Crippen LogP contribution >= 0.6 is 0 Å². The second-order valence-electron chi connectivity index (χ2n) is 4.16. The molecule has 1 aliphatic rings. The van der Waals surface area contributed by atoms with Crippen molar-refractivity contribution in [1.82, 2.24) is 19.4 Å². The van der Waals surface area contributed by atoms with E-state index in [1.807, 2.05) is 0 Å². The molecule has 1 saturated heterocycles. The lowest BCUT2D eigenvalue weighted by Gasteiger charge is -2.14. The van der Waals surface area contributed by atoms with E-state index in [0.717, 1.165) is 0 Å². The van der Waals surface area contributed by atoms with E-state index in [1.165, 1.54) is 8.99 Å². The van der Waals surface area contributed by atoms with E-state index in [0.29, 0.717) is 31.7 Å². The smallest absolute Gasteiger partial charge is 0.269 e. The van der Waals surface area contributed by atoms with Crippen molar-refractivity contribution in [2.24, 2.45) is 7.05 Å². The maximum Gasteiger partial charge on any atom is 0.269 e. The number of hydrogen-bond acceptors (Lipinski definition) is 4. The number of nitrogens with zero attached hydrogens (tertiary/aromatic N) is 3. The van der Waals surface area contributed by atoms with Crippen molar-refractivity contribution < 1.29 is 13.2 Å². The largest absolute Gasteiger partial charge is 0.349 e. The van der Waals surface area contributed by atoms with Crippen molar-refractivity contribution in [3.63, 3.8) is 0 Å². The van der Waals surface area contributed by atoms with Crippen LogP contribution in [0.15, 0.2) is 12.3 Å². The minimum atomic E-state index is -3.08. The average molecular weight is 272 g/mol. The van der Waals surface area contributed by atoms with Crippen LogP contribution in [0.5, 0.6) is 0 Å². The summed E-state index contributed by atoms with van der Waals surface area (Å²) < 4.78 is 25.9. The third-order valence-corrected chi connectivity index (χ3v) is 4.86. The zero-order valence-corrected chi connectivity index (χ0v) is 11.0. The topological polar surface area (TPSA) is 84.3 Å². The van der Waals surface area contributed by atoms with Crippen molar-refractivity contribution in [3.05, 3.63) is 18.0 Å². The Morgan fingerprint density at radius 1 is 1.56 bits per heavy atom. The summed E-state index contributed by atoms with van der Waals surface area (Å²) in [6.07, 6.45) is 2.21. The predicted molar refractivity (Wildman–Crippen MR) is 65.5 cm³/mol. The molecule has 0 spiro atoms. The second-order valence-corrected chi connectivity index (χ2v) is 6.25. The van der Waals surface area contributed by atoms with Crippen LogP contribution in [0.2, 0.25) is 0 Å². The highest BCUT2D eigenvalue weighted by Crippen LogP contribution is 2.11. The first-order valence-electron chi connectivity index (χ1n) is 5.75. The molecule has 0 unspecified atom stereocenters. The van der Waals surface area contributed by atoms with Crippen LogP contribution in [0, 0.1) is 0 Å². The summed E-state index contributed by atoms with van der Waals surface area (Å²) in [7, 11) is -1.40. The first kappa shape index (κ1) is 13.0. The number of carbonyl (C=O) groups is 1. The summed E-state index contributed by atoms with van der Waals surface area (Å²) >= 11 is 0. The molecule has 7 nitrogen and oxygen atoms in total. The number of hydrogen-bond donors (Lipinski definition) is 1. The summed E-state index contributed by atoms with van der Waals surface area (Å²) in [6.45, 7) is 1.18. The molecule has 2 rings (SSSR count). The molecule has 1 aromatic rings. The van der Waals surface area contributed by atoms with Gasteiger partial charge in [-0.3, -0.25) is 9.48 Å². The molecule has 0 bridgehead atoms. The molecule has 1 amide bonds. The number of amides is 1. The van der Waals surface area contributed by atoms with Gasteiger partial charge in [-0.15, -0.1) is 0 Å². The standard InChI is InChI=1S/C10H16N4O3S/c1-13-9(3-4-12-13)10(15)11-5-7-14-6-2-8-18(14,16)17/h3-4H,2,5-8H2,1H3,(H,11,15). The molecule has 0 aliphatic carbocycles. The highest BCUT2D eigenvalue weighted by atomic mass is 32.2. The van der Waals surface area contributed by atoms with Crippen LogP contribution in [-0.4, -0.2) is 53.8 Å². The highest BCUT2D eigenvalue weighted by Gasteiger charge is 2.27. The zero-order chi connectivity index (χ0) is 13.2. The van der Waals surface area contributed by atoms with Crippen LogP contribution < -0.4 is 5.32 Å². The van der Waals surface area contributed by atoms with Gasteiger partial charge in [-0.2, -0.15) is 5.10 Å². The van der Waals surface area contributed by atoms with E-state index >= 15 is 0 Å². The monoisotopic (exact) mass is 272 g/mol. The van der Waals surface area contributed by atoms with Gasteiger partial charge in [0.25, 0.3) is 5.91 Å². The Balaban J connectivity index is 1.83. The Kier molecular flexibility index (Phi) is 3.67. The van der Waals surface area contributed by atoms with E-state index in [4.69, 9.17) is 0 Å². The number of aryl methyl sites for hydroxylation is 1. The SMILES string of the molecule is Cn1nccc1C(=O)NCCN1CCCS1(=O)=O. The zero-order valence-electron chi connectivity index (χ0n) is 10.2. The van der Waals surface area contributed by atoms with Crippen LogP contribution in [0.1, 0.15) is 16.9 Å². The van der Waals surface area contributed by atoms with Crippen molar-refractivity contribution in [1.29, 1.82) is 0 Å². The predicted octanol–water partition coefficient (Wildman–Crippen LogP) is -0.815. The van der Waals surface area contributed by atoms with Gasteiger partial charge in [0.15, 0.2) is 0 Å². The highest BCUT2D eigenvalue weighted by molar-refractivity contribution is 7.89. The molecule has 1 N–H and O–H groups in total. The molecular formula is C10H16N4O3S. The molecule has 100 valence electrons. The first-order chi connectivity index (χ1) is 8.50. The van der Waals surface area contributed by atoms with E-state index in [9.17, 15) is 13.2 Å². The van der Waals surface area contributed by atoms with Crippen molar-refractivity contribution in [2.75, 3.05) is 25.4 Å². The molecule has 0 saturated carbocycles. The minimum absolute atomic E-state index is 0.211. The lowest BCUT2D eigenvalue weighted by molar-refractivity contribution is 0.0942. The number of nitrogens with one attached hydrogen (secondary N) is 1. The Bertz CT molecular complexity index is 537. The Morgan fingerprint density at radius 2 is 2.33 bits per heavy atom. The summed E-state index contributed by atoms with van der Waals surface area (Å²) in [5.74, 6) is -0.0329. The molecule has 0 atom stereocenters. The Hall–Kier alpha value is -1.41. The van der Waals surface area contributed by atoms with Gasteiger partial charge in [-0.1, -0.05) is 0 Å². The van der Waals surface area contributed by atoms with Crippen molar-refractivity contribution >= 4 is 15.9 Å². The van der Waals surface area contributed by atoms with Gasteiger partial charge < -0.3 is 5.32 Å². The molecule has 1 fully saturated rings. The molecule has 2 heterocycles. The average Bonchev–Trinajstić information content (AvgIpc) is 2.85. The van der Waals surface area contributed by atoms with E-state index in [2.05, 4.69) is 10.4 Å². The fraction of sp³-hybridized carbons (Fsp3) is 0.600. The summed E-state index contributed by atoms with van der Waals surface area (Å²) in [4.78, 5) is 11.7. The Morgan fingerprint density at radius 3 is 2.89 bits per heavy atom. The van der Waals surface area contributed by atoms with Gasteiger partial charge in [0, 0.05) is 32.9 Å². The van der Waals surface area contributed by atoms with Crippen molar-refractivity contribution in [3.8, 4) is 0 Å². The molecule has 8 heteroatoms. The third kappa shape index (κ3) is 2.70. The lowest BCUT2D eigenvalue weighted by atomic mass is 10.4. The quantitative estimate of drug-likeness (QED) is 0.776. The first-order valence-corrected chi connectivity index (χ1v) is 7.35. The normalized spacial score (nSPS) is 18.9. The van der Waals surface area contributed by atoms with E-state index < -0.39 is 10.0 Å². The fourth-order valence-electron chi connectivity index (χ4n) is 1.92. The molecule has 18 heavy (non-hydrogen) atoms. The van der Waals surface area contributed by atoms with Crippen LogP contribution in [0.3, 0.4) is 0 Å². The van der Waals surface area contributed by atoms with Gasteiger partial charge >= 0.3 is 0 Å². The van der Waals surface area contributed by atoms with E-state index in [-0.39, 0.29) is 11.7 Å². The number of aromatic nitrogens is 2. The molecular weight excluding hydrogens is 256 g/mol. The summed E-state index contributed by atoms with van der Waals surface area (Å²) in [6, 6.07) is 1.61. The summed E-state index contributed by atoms with van der Waals surface area (Å²) in [5.41, 5.74) is 0.458. The summed E-state index contributed by atoms with van der Waals surface area (Å²) in [5, 5.41) is 6.58. The van der Waals surface area contributed by atoms with Gasteiger partial charge in [0.2, 0.25) is 10.0 Å². The Labute approximate surface area is 106 Å². The number of rotatable bonds is 4. The molecule has 0 radical (unpaired) electrons. The minimum Gasteiger partial charge on any atom is -0.349 e. The van der Waals surface area contributed by atoms with Gasteiger partial charge in [0.1, 0.15) is 5.69 Å². The molecule has 1 aromatic heterocycles. The van der Waals surface area contributed by atoms with Gasteiger partial charge in [-0.05, 0) is 12.5 Å².